The number of nitrogens with zero attached hydrogens (tertiary/aromatic N) is 2. The lowest BCUT2D eigenvalue weighted by Gasteiger charge is -2.19. The van der Waals surface area contributed by atoms with Crippen molar-refractivity contribution in [2.45, 2.75) is 13.0 Å². The summed E-state index contributed by atoms with van der Waals surface area (Å²) in [5.41, 5.74) is 1.21. The van der Waals surface area contributed by atoms with Gasteiger partial charge in [-0.3, -0.25) is 14.6 Å². The van der Waals surface area contributed by atoms with Gasteiger partial charge in [-0.25, -0.2) is 0 Å². The molecule has 6 nitrogen and oxygen atoms in total. The zero-order valence-electron chi connectivity index (χ0n) is 14.8. The predicted molar refractivity (Wildman–Crippen MR) is 96.0 cm³/mol. The summed E-state index contributed by atoms with van der Waals surface area (Å²) in [4.78, 5) is 31.6. The number of likely N-dealkylation sites (N-methyl/N-ethyl adjacent to an activating group) is 1. The number of ether oxygens (including phenoxy) is 1. The quantitative estimate of drug-likeness (QED) is 0.563. The third kappa shape index (κ3) is 2.50. The smallest absolute Gasteiger partial charge is 0.248 e. The van der Waals surface area contributed by atoms with Crippen molar-refractivity contribution in [2.75, 3.05) is 20.7 Å². The summed E-state index contributed by atoms with van der Waals surface area (Å²) in [6.07, 6.45) is 1.50. The fourth-order valence-electron chi connectivity index (χ4n) is 2.93. The van der Waals surface area contributed by atoms with Crippen LogP contribution < -0.4 is 4.74 Å². The first-order chi connectivity index (χ1) is 12.5. The third-order valence-corrected chi connectivity index (χ3v) is 4.73. The highest BCUT2D eigenvalue weighted by molar-refractivity contribution is 6.30. The van der Waals surface area contributed by atoms with E-state index in [0.717, 1.165) is 0 Å². The molecule has 1 aliphatic carbocycles. The van der Waals surface area contributed by atoms with Crippen LogP contribution in [-0.2, 0) is 0 Å². The van der Waals surface area contributed by atoms with Crippen LogP contribution >= 0.6 is 0 Å². The Labute approximate surface area is 150 Å². The Kier molecular flexibility index (Phi) is 3.85. The van der Waals surface area contributed by atoms with Crippen molar-refractivity contribution in [3.63, 3.8) is 0 Å². The number of ketones is 2. The second kappa shape index (κ2) is 6.07. The maximum atomic E-state index is 12.8. The van der Waals surface area contributed by atoms with Gasteiger partial charge in [-0.05, 0) is 45.3 Å². The minimum Gasteiger partial charge on any atom is -0.492 e. The maximum Gasteiger partial charge on any atom is 0.248 e. The van der Waals surface area contributed by atoms with E-state index in [1.807, 2.05) is 14.1 Å². The van der Waals surface area contributed by atoms with E-state index < -0.39 is 0 Å². The van der Waals surface area contributed by atoms with Crippen LogP contribution in [0, 0.1) is 0 Å². The van der Waals surface area contributed by atoms with Crippen LogP contribution in [0.15, 0.2) is 40.9 Å². The number of rotatable bonds is 4. The number of carbonyl (C=O) groups is 2. The van der Waals surface area contributed by atoms with Gasteiger partial charge in [-0.2, -0.15) is 0 Å². The Hall–Kier alpha value is -2.99. The molecule has 0 amide bonds. The van der Waals surface area contributed by atoms with Gasteiger partial charge in [-0.1, -0.05) is 0 Å². The Bertz CT molecular complexity index is 1040. The van der Waals surface area contributed by atoms with Crippen LogP contribution in [-0.4, -0.2) is 48.2 Å². The maximum absolute atomic E-state index is 12.8. The molecule has 1 aromatic carbocycles. The molecule has 0 spiro atoms. The SMILES string of the molecule is CC(COc1ccc2c3c(oc2c1)C(=O)c1ncccc1C3=O)N(C)C. The molecule has 3 aromatic rings. The largest absolute Gasteiger partial charge is 0.492 e. The summed E-state index contributed by atoms with van der Waals surface area (Å²) in [6.45, 7) is 2.58. The van der Waals surface area contributed by atoms with E-state index >= 15 is 0 Å². The van der Waals surface area contributed by atoms with E-state index in [1.165, 1.54) is 6.20 Å². The van der Waals surface area contributed by atoms with Crippen molar-refractivity contribution in [2.24, 2.45) is 0 Å². The van der Waals surface area contributed by atoms with E-state index in [9.17, 15) is 9.59 Å². The summed E-state index contributed by atoms with van der Waals surface area (Å²) < 4.78 is 11.5. The second-order valence-corrected chi connectivity index (χ2v) is 6.65. The van der Waals surface area contributed by atoms with Gasteiger partial charge in [0.05, 0.1) is 11.1 Å². The lowest BCUT2D eigenvalue weighted by molar-refractivity contribution is 0.0958. The van der Waals surface area contributed by atoms with Gasteiger partial charge >= 0.3 is 0 Å². The molecular weight excluding hydrogens is 332 g/mol. The van der Waals surface area contributed by atoms with E-state index in [2.05, 4.69) is 16.8 Å². The summed E-state index contributed by atoms with van der Waals surface area (Å²) in [6, 6.07) is 8.78. The molecule has 1 atom stereocenters. The van der Waals surface area contributed by atoms with Gasteiger partial charge in [0.1, 0.15) is 23.6 Å². The lowest BCUT2D eigenvalue weighted by atomic mass is 9.90. The van der Waals surface area contributed by atoms with E-state index in [1.54, 1.807) is 30.3 Å². The molecule has 0 bridgehead atoms. The molecule has 0 saturated carbocycles. The Morgan fingerprint density at radius 2 is 2.00 bits per heavy atom. The Balaban J connectivity index is 1.74. The molecule has 2 aromatic heterocycles. The number of carbonyl (C=O) groups excluding carboxylic acids is 2. The molecule has 1 aliphatic rings. The van der Waals surface area contributed by atoms with Gasteiger partial charge in [0.15, 0.2) is 11.5 Å². The van der Waals surface area contributed by atoms with Crippen LogP contribution in [0.25, 0.3) is 11.0 Å². The molecule has 0 N–H and O–H groups in total. The number of fused-ring (bicyclic) bond motifs is 4. The highest BCUT2D eigenvalue weighted by atomic mass is 16.5. The molecular formula is C20H18N2O4. The van der Waals surface area contributed by atoms with Crippen molar-refractivity contribution in [3.05, 3.63) is 59.1 Å². The number of aromatic nitrogens is 1. The minimum absolute atomic E-state index is 0.0509. The zero-order chi connectivity index (χ0) is 18.4. The predicted octanol–water partition coefficient (Wildman–Crippen LogP) is 2.93. The third-order valence-electron chi connectivity index (χ3n) is 4.73. The highest BCUT2D eigenvalue weighted by Crippen LogP contribution is 2.35. The lowest BCUT2D eigenvalue weighted by Crippen LogP contribution is -2.30. The van der Waals surface area contributed by atoms with Crippen molar-refractivity contribution in [1.82, 2.24) is 9.88 Å². The summed E-state index contributed by atoms with van der Waals surface area (Å²) >= 11 is 0. The van der Waals surface area contributed by atoms with Crippen LogP contribution in [0.4, 0.5) is 0 Å². The average molecular weight is 350 g/mol. The van der Waals surface area contributed by atoms with Crippen LogP contribution in [0.2, 0.25) is 0 Å². The molecule has 132 valence electrons. The fourth-order valence-corrected chi connectivity index (χ4v) is 2.93. The van der Waals surface area contributed by atoms with Crippen molar-refractivity contribution in [3.8, 4) is 5.75 Å². The molecule has 0 saturated heterocycles. The summed E-state index contributed by atoms with van der Waals surface area (Å²) in [5, 5.41) is 0.612. The minimum atomic E-state index is -0.366. The highest BCUT2D eigenvalue weighted by Gasteiger charge is 2.36. The molecule has 0 fully saturated rings. The molecule has 26 heavy (non-hydrogen) atoms. The Morgan fingerprint density at radius 1 is 1.19 bits per heavy atom. The molecule has 6 heteroatoms. The number of furan rings is 1. The average Bonchev–Trinajstić information content (AvgIpc) is 3.03. The van der Waals surface area contributed by atoms with Gasteiger partial charge in [0.25, 0.3) is 0 Å². The molecule has 1 unspecified atom stereocenters. The molecule has 0 aliphatic heterocycles. The standard InChI is InChI=1S/C20H18N2O4/c1-11(22(2)3)10-25-12-6-7-13-15(9-12)26-20-16(13)18(23)14-5-4-8-21-17(14)19(20)24/h4-9,11H,10H2,1-3H3. The fraction of sp³-hybridized carbons (Fsp3) is 0.250. The van der Waals surface area contributed by atoms with Crippen molar-refractivity contribution >= 4 is 22.5 Å². The van der Waals surface area contributed by atoms with Crippen LogP contribution in [0.1, 0.15) is 39.1 Å². The summed E-state index contributed by atoms with van der Waals surface area (Å²) in [7, 11) is 3.97. The second-order valence-electron chi connectivity index (χ2n) is 6.65. The number of hydrogen-bond donors (Lipinski definition) is 0. The van der Waals surface area contributed by atoms with Gasteiger partial charge < -0.3 is 14.1 Å². The zero-order valence-corrected chi connectivity index (χ0v) is 14.8. The van der Waals surface area contributed by atoms with Crippen molar-refractivity contribution in [1.29, 1.82) is 0 Å². The van der Waals surface area contributed by atoms with Crippen LogP contribution in [0.3, 0.4) is 0 Å². The van der Waals surface area contributed by atoms with E-state index in [0.29, 0.717) is 34.5 Å². The van der Waals surface area contributed by atoms with Gasteiger partial charge in [0.2, 0.25) is 5.78 Å². The number of hydrogen-bond acceptors (Lipinski definition) is 6. The van der Waals surface area contributed by atoms with E-state index in [4.69, 9.17) is 9.15 Å². The molecule has 4 rings (SSSR count). The first-order valence-electron chi connectivity index (χ1n) is 8.37. The monoisotopic (exact) mass is 350 g/mol. The van der Waals surface area contributed by atoms with Crippen molar-refractivity contribution < 1.29 is 18.7 Å². The normalized spacial score (nSPS) is 14.5. The molecule has 2 heterocycles. The molecule has 0 radical (unpaired) electrons. The first-order valence-corrected chi connectivity index (χ1v) is 8.37. The van der Waals surface area contributed by atoms with E-state index in [-0.39, 0.29) is 29.1 Å². The Morgan fingerprint density at radius 3 is 2.77 bits per heavy atom. The number of benzene rings is 1. The van der Waals surface area contributed by atoms with Crippen LogP contribution in [0.5, 0.6) is 5.75 Å². The number of pyridine rings is 1. The summed E-state index contributed by atoms with van der Waals surface area (Å²) in [5.74, 6) is 0.0780. The topological polar surface area (TPSA) is 72.6 Å². The van der Waals surface area contributed by atoms with Gasteiger partial charge in [0, 0.05) is 23.7 Å². The van der Waals surface area contributed by atoms with Gasteiger partial charge in [-0.15, -0.1) is 0 Å². The first kappa shape index (κ1) is 16.5.